The Morgan fingerprint density at radius 2 is 1.79 bits per heavy atom. The molecule has 0 saturated carbocycles. The maximum Gasteiger partial charge on any atom is 0.231 e. The number of hydrogen-bond acceptors (Lipinski definition) is 3. The first-order chi connectivity index (χ1) is 11.8. The predicted octanol–water partition coefficient (Wildman–Crippen LogP) is 4.63. The molecule has 2 aromatic carbocycles. The molecule has 4 heteroatoms. The fourth-order valence-electron chi connectivity index (χ4n) is 3.62. The predicted molar refractivity (Wildman–Crippen MR) is 98.4 cm³/mol. The van der Waals surface area contributed by atoms with Crippen LogP contribution in [0.15, 0.2) is 46.9 Å². The van der Waals surface area contributed by atoms with E-state index in [1.165, 1.54) is 41.5 Å². The summed E-state index contributed by atoms with van der Waals surface area (Å²) in [5.74, 6) is 2.54. The fourth-order valence-corrected chi connectivity index (χ4v) is 4.03. The molecule has 2 aliphatic heterocycles. The summed E-state index contributed by atoms with van der Waals surface area (Å²) in [7, 11) is 0. The van der Waals surface area contributed by atoms with Gasteiger partial charge in [-0.3, -0.25) is 4.90 Å². The van der Waals surface area contributed by atoms with Gasteiger partial charge in [0.1, 0.15) is 0 Å². The Hall–Kier alpha value is -1.52. The number of ether oxygens (including phenoxy) is 2. The molecular weight excluding hydrogens is 366 g/mol. The van der Waals surface area contributed by atoms with Crippen LogP contribution in [-0.2, 0) is 13.0 Å². The van der Waals surface area contributed by atoms with Crippen LogP contribution in [0.1, 0.15) is 24.0 Å². The van der Waals surface area contributed by atoms with Gasteiger partial charge in [-0.05, 0) is 67.6 Å². The van der Waals surface area contributed by atoms with Crippen LogP contribution in [0, 0.1) is 5.92 Å². The second-order valence-electron chi connectivity index (χ2n) is 6.70. The topological polar surface area (TPSA) is 21.7 Å². The van der Waals surface area contributed by atoms with Crippen LogP contribution in [0.5, 0.6) is 11.5 Å². The van der Waals surface area contributed by atoms with Gasteiger partial charge in [0.15, 0.2) is 11.5 Å². The molecule has 24 heavy (non-hydrogen) atoms. The molecule has 0 amide bonds. The van der Waals surface area contributed by atoms with E-state index in [2.05, 4.69) is 57.2 Å². The maximum atomic E-state index is 5.49. The zero-order valence-corrected chi connectivity index (χ0v) is 15.3. The minimum atomic E-state index is 0.353. The molecule has 0 aliphatic carbocycles. The second-order valence-corrected chi connectivity index (χ2v) is 7.56. The SMILES string of the molecule is Brc1ccccc1CN1CCC(Cc2ccc3c(c2)OCO3)CC1. The third-order valence-electron chi connectivity index (χ3n) is 5.02. The molecular formula is C20H22BrNO2. The molecule has 0 atom stereocenters. The van der Waals surface area contributed by atoms with Gasteiger partial charge < -0.3 is 9.47 Å². The van der Waals surface area contributed by atoms with Gasteiger partial charge in [0.2, 0.25) is 6.79 Å². The van der Waals surface area contributed by atoms with Crippen molar-refractivity contribution in [3.63, 3.8) is 0 Å². The third kappa shape index (κ3) is 3.60. The average Bonchev–Trinajstić information content (AvgIpc) is 3.06. The first-order valence-electron chi connectivity index (χ1n) is 8.62. The molecule has 4 rings (SSSR count). The van der Waals surface area contributed by atoms with E-state index in [0.29, 0.717) is 6.79 Å². The van der Waals surface area contributed by atoms with Crippen molar-refractivity contribution in [3.8, 4) is 11.5 Å². The standard InChI is InChI=1S/C20H22BrNO2/c21-18-4-2-1-3-17(18)13-22-9-7-15(8-10-22)11-16-5-6-19-20(12-16)24-14-23-19/h1-6,12,15H,7-11,13-14H2. The van der Waals surface area contributed by atoms with Crippen molar-refractivity contribution in [2.75, 3.05) is 19.9 Å². The number of nitrogens with zero attached hydrogens (tertiary/aromatic N) is 1. The normalized spacial score (nSPS) is 18.0. The molecule has 0 N–H and O–H groups in total. The fraction of sp³-hybridized carbons (Fsp3) is 0.400. The molecule has 2 heterocycles. The van der Waals surface area contributed by atoms with Gasteiger partial charge in [-0.2, -0.15) is 0 Å². The monoisotopic (exact) mass is 387 g/mol. The van der Waals surface area contributed by atoms with Crippen LogP contribution in [0.3, 0.4) is 0 Å². The first-order valence-corrected chi connectivity index (χ1v) is 9.41. The Morgan fingerprint density at radius 1 is 1.00 bits per heavy atom. The van der Waals surface area contributed by atoms with E-state index in [-0.39, 0.29) is 0 Å². The zero-order chi connectivity index (χ0) is 16.4. The van der Waals surface area contributed by atoms with Gasteiger partial charge in [0, 0.05) is 11.0 Å². The maximum absolute atomic E-state index is 5.49. The van der Waals surface area contributed by atoms with Crippen LogP contribution in [0.25, 0.3) is 0 Å². The second kappa shape index (κ2) is 7.16. The van der Waals surface area contributed by atoms with Crippen molar-refractivity contribution in [1.82, 2.24) is 4.90 Å². The number of fused-ring (bicyclic) bond motifs is 1. The van der Waals surface area contributed by atoms with Gasteiger partial charge in [-0.15, -0.1) is 0 Å². The molecule has 2 aliphatic rings. The molecule has 0 bridgehead atoms. The van der Waals surface area contributed by atoms with Gasteiger partial charge in [-0.1, -0.05) is 40.2 Å². The Labute approximate surface area is 151 Å². The number of rotatable bonds is 4. The number of piperidine rings is 1. The minimum Gasteiger partial charge on any atom is -0.454 e. The summed E-state index contributed by atoms with van der Waals surface area (Å²) in [6.45, 7) is 3.75. The molecule has 0 unspecified atom stereocenters. The van der Waals surface area contributed by atoms with Crippen molar-refractivity contribution in [3.05, 3.63) is 58.1 Å². The van der Waals surface area contributed by atoms with E-state index in [1.54, 1.807) is 0 Å². The summed E-state index contributed by atoms with van der Waals surface area (Å²) in [6.07, 6.45) is 3.66. The summed E-state index contributed by atoms with van der Waals surface area (Å²) in [6, 6.07) is 14.9. The minimum absolute atomic E-state index is 0.353. The van der Waals surface area contributed by atoms with Crippen molar-refractivity contribution >= 4 is 15.9 Å². The molecule has 0 spiro atoms. The van der Waals surface area contributed by atoms with E-state index >= 15 is 0 Å². The van der Waals surface area contributed by atoms with Gasteiger partial charge in [0.25, 0.3) is 0 Å². The van der Waals surface area contributed by atoms with Crippen LogP contribution < -0.4 is 9.47 Å². The number of benzene rings is 2. The number of likely N-dealkylation sites (tertiary alicyclic amines) is 1. The number of hydrogen-bond donors (Lipinski definition) is 0. The van der Waals surface area contributed by atoms with E-state index < -0.39 is 0 Å². The quantitative estimate of drug-likeness (QED) is 0.762. The highest BCUT2D eigenvalue weighted by molar-refractivity contribution is 9.10. The smallest absolute Gasteiger partial charge is 0.231 e. The van der Waals surface area contributed by atoms with E-state index in [9.17, 15) is 0 Å². The molecule has 3 nitrogen and oxygen atoms in total. The summed E-state index contributed by atoms with van der Waals surface area (Å²) >= 11 is 3.65. The van der Waals surface area contributed by atoms with E-state index in [1.807, 2.05) is 6.07 Å². The van der Waals surface area contributed by atoms with Gasteiger partial charge in [-0.25, -0.2) is 0 Å². The van der Waals surface area contributed by atoms with Crippen molar-refractivity contribution in [2.24, 2.45) is 5.92 Å². The van der Waals surface area contributed by atoms with E-state index in [0.717, 1.165) is 30.4 Å². The highest BCUT2D eigenvalue weighted by Crippen LogP contribution is 2.34. The van der Waals surface area contributed by atoms with Crippen molar-refractivity contribution < 1.29 is 9.47 Å². The lowest BCUT2D eigenvalue weighted by Crippen LogP contribution is -2.33. The first kappa shape index (κ1) is 16.0. The third-order valence-corrected chi connectivity index (χ3v) is 5.79. The Morgan fingerprint density at radius 3 is 2.62 bits per heavy atom. The number of halogens is 1. The summed E-state index contributed by atoms with van der Waals surface area (Å²) < 4.78 is 12.1. The van der Waals surface area contributed by atoms with Crippen molar-refractivity contribution in [1.29, 1.82) is 0 Å². The lowest BCUT2D eigenvalue weighted by molar-refractivity contribution is 0.173. The highest BCUT2D eigenvalue weighted by atomic mass is 79.9. The Bertz CT molecular complexity index is 711. The molecule has 0 aromatic heterocycles. The molecule has 126 valence electrons. The highest BCUT2D eigenvalue weighted by Gasteiger charge is 2.21. The summed E-state index contributed by atoms with van der Waals surface area (Å²) in [4.78, 5) is 2.57. The van der Waals surface area contributed by atoms with Crippen LogP contribution in [0.2, 0.25) is 0 Å². The lowest BCUT2D eigenvalue weighted by Gasteiger charge is -2.32. The molecule has 0 radical (unpaired) electrons. The zero-order valence-electron chi connectivity index (χ0n) is 13.7. The van der Waals surface area contributed by atoms with Crippen LogP contribution in [0.4, 0.5) is 0 Å². The largest absolute Gasteiger partial charge is 0.454 e. The lowest BCUT2D eigenvalue weighted by atomic mass is 9.90. The summed E-state index contributed by atoms with van der Waals surface area (Å²) in [5.41, 5.74) is 2.75. The Balaban J connectivity index is 1.31. The van der Waals surface area contributed by atoms with Gasteiger partial charge in [0.05, 0.1) is 0 Å². The van der Waals surface area contributed by atoms with Crippen LogP contribution >= 0.6 is 15.9 Å². The molecule has 1 fully saturated rings. The summed E-state index contributed by atoms with van der Waals surface area (Å²) in [5, 5.41) is 0. The molecule has 2 aromatic rings. The van der Waals surface area contributed by atoms with Crippen LogP contribution in [-0.4, -0.2) is 24.8 Å². The Kier molecular flexibility index (Phi) is 4.76. The average molecular weight is 388 g/mol. The van der Waals surface area contributed by atoms with E-state index in [4.69, 9.17) is 9.47 Å². The molecule has 1 saturated heterocycles. The van der Waals surface area contributed by atoms with Crippen molar-refractivity contribution in [2.45, 2.75) is 25.8 Å². The van der Waals surface area contributed by atoms with Gasteiger partial charge >= 0.3 is 0 Å².